The van der Waals surface area contributed by atoms with Crippen molar-refractivity contribution in [3.05, 3.63) is 29.3 Å². The van der Waals surface area contributed by atoms with Crippen molar-refractivity contribution in [2.75, 3.05) is 31.2 Å². The molecule has 10 heteroatoms. The first kappa shape index (κ1) is 21.6. The number of para-hydroxylation sites is 1. The normalized spacial score (nSPS) is 27.6. The summed E-state index contributed by atoms with van der Waals surface area (Å²) in [6.45, 7) is 6.40. The molecule has 3 aliphatic heterocycles. The van der Waals surface area contributed by atoms with E-state index < -0.39 is 0 Å². The molecule has 4 rings (SSSR count). The molecule has 1 aromatic rings. The van der Waals surface area contributed by atoms with Gasteiger partial charge in [0, 0.05) is 19.1 Å². The molecule has 8 nitrogen and oxygen atoms in total. The summed E-state index contributed by atoms with van der Waals surface area (Å²) in [6, 6.07) is 7.51. The van der Waals surface area contributed by atoms with E-state index in [0.29, 0.717) is 54.4 Å². The SMILES string of the molecule is CCC(SC1=NC2NNC(C)C2C(=N)N1c1ccccc1Cl)C(=O)N1CCOCC1. The maximum atomic E-state index is 13.1. The third-order valence-corrected chi connectivity index (χ3v) is 7.28. The number of benzene rings is 1. The van der Waals surface area contributed by atoms with Crippen LogP contribution in [-0.2, 0) is 9.53 Å². The highest BCUT2D eigenvalue weighted by Gasteiger charge is 2.45. The number of rotatable bonds is 4. The summed E-state index contributed by atoms with van der Waals surface area (Å²) in [4.78, 5) is 21.7. The van der Waals surface area contributed by atoms with Gasteiger partial charge in [-0.15, -0.1) is 0 Å². The molecular weight excluding hydrogens is 424 g/mol. The van der Waals surface area contributed by atoms with Crippen LogP contribution >= 0.6 is 23.4 Å². The molecule has 3 aliphatic rings. The second-order valence-corrected chi connectivity index (χ2v) is 9.16. The van der Waals surface area contributed by atoms with Crippen molar-refractivity contribution >= 4 is 46.0 Å². The summed E-state index contributed by atoms with van der Waals surface area (Å²) in [7, 11) is 0. The molecular formula is C20H27ClN6O2S. The van der Waals surface area contributed by atoms with Gasteiger partial charge in [0.25, 0.3) is 0 Å². The number of anilines is 1. The minimum atomic E-state index is -0.289. The zero-order chi connectivity index (χ0) is 21.3. The van der Waals surface area contributed by atoms with Crippen molar-refractivity contribution in [2.24, 2.45) is 10.9 Å². The molecule has 162 valence electrons. The zero-order valence-corrected chi connectivity index (χ0v) is 18.7. The van der Waals surface area contributed by atoms with Crippen LogP contribution in [0.25, 0.3) is 0 Å². The van der Waals surface area contributed by atoms with Gasteiger partial charge >= 0.3 is 0 Å². The van der Waals surface area contributed by atoms with E-state index in [4.69, 9.17) is 26.7 Å². The van der Waals surface area contributed by atoms with Gasteiger partial charge in [0.2, 0.25) is 5.91 Å². The molecule has 3 heterocycles. The van der Waals surface area contributed by atoms with Crippen LogP contribution in [0.15, 0.2) is 29.3 Å². The predicted octanol–water partition coefficient (Wildman–Crippen LogP) is 2.30. The first-order valence-electron chi connectivity index (χ1n) is 10.3. The molecule has 0 spiro atoms. The number of hydrogen-bond acceptors (Lipinski definition) is 7. The molecule has 30 heavy (non-hydrogen) atoms. The number of thioether (sulfide) groups is 1. The number of halogens is 1. The quantitative estimate of drug-likeness (QED) is 0.651. The highest BCUT2D eigenvalue weighted by atomic mass is 35.5. The van der Waals surface area contributed by atoms with Gasteiger partial charge in [-0.25, -0.2) is 10.4 Å². The van der Waals surface area contributed by atoms with Gasteiger partial charge < -0.3 is 9.64 Å². The Morgan fingerprint density at radius 2 is 2.10 bits per heavy atom. The predicted molar refractivity (Wildman–Crippen MR) is 121 cm³/mol. The fraction of sp³-hybridized carbons (Fsp3) is 0.550. The molecule has 0 aliphatic carbocycles. The number of amidine groups is 2. The van der Waals surface area contributed by atoms with Crippen LogP contribution in [-0.4, -0.2) is 65.6 Å². The summed E-state index contributed by atoms with van der Waals surface area (Å²) in [5, 5.41) is 9.83. The van der Waals surface area contributed by atoms with E-state index in [9.17, 15) is 4.79 Å². The van der Waals surface area contributed by atoms with Crippen molar-refractivity contribution in [3.63, 3.8) is 0 Å². The topological polar surface area (TPSA) is 93.1 Å². The van der Waals surface area contributed by atoms with Crippen LogP contribution in [0.3, 0.4) is 0 Å². The van der Waals surface area contributed by atoms with Gasteiger partial charge in [0.15, 0.2) is 5.17 Å². The van der Waals surface area contributed by atoms with Crippen LogP contribution < -0.4 is 15.8 Å². The van der Waals surface area contributed by atoms with E-state index in [0.717, 1.165) is 0 Å². The largest absolute Gasteiger partial charge is 0.378 e. The monoisotopic (exact) mass is 450 g/mol. The first-order chi connectivity index (χ1) is 14.5. The van der Waals surface area contributed by atoms with Crippen LogP contribution in [0.1, 0.15) is 20.3 Å². The number of morpholine rings is 1. The Hall–Kier alpha value is -1.65. The van der Waals surface area contributed by atoms with E-state index in [2.05, 4.69) is 10.9 Å². The minimum Gasteiger partial charge on any atom is -0.378 e. The Balaban J connectivity index is 1.65. The van der Waals surface area contributed by atoms with Crippen LogP contribution in [0.5, 0.6) is 0 Å². The summed E-state index contributed by atoms with van der Waals surface area (Å²) in [5.41, 5.74) is 7.07. The highest BCUT2D eigenvalue weighted by Crippen LogP contribution is 2.36. The summed E-state index contributed by atoms with van der Waals surface area (Å²) in [6.07, 6.45) is 0.421. The van der Waals surface area contributed by atoms with Crippen molar-refractivity contribution < 1.29 is 9.53 Å². The van der Waals surface area contributed by atoms with E-state index >= 15 is 0 Å². The van der Waals surface area contributed by atoms with Gasteiger partial charge in [-0.2, -0.15) is 0 Å². The molecule has 0 aromatic heterocycles. The maximum Gasteiger partial charge on any atom is 0.236 e. The lowest BCUT2D eigenvalue weighted by molar-refractivity contribution is -0.134. The second-order valence-electron chi connectivity index (χ2n) is 7.58. The number of aliphatic imine (C=N–C) groups is 1. The third kappa shape index (κ3) is 4.09. The Bertz CT molecular complexity index is 846. The Labute approximate surface area is 185 Å². The van der Waals surface area contributed by atoms with Gasteiger partial charge in [0.1, 0.15) is 12.0 Å². The fourth-order valence-corrected chi connectivity index (χ4v) is 5.34. The van der Waals surface area contributed by atoms with Gasteiger partial charge in [-0.3, -0.25) is 20.5 Å². The summed E-state index contributed by atoms with van der Waals surface area (Å²) in [5.74, 6) is 0.386. The Kier molecular flexibility index (Phi) is 6.64. The third-order valence-electron chi connectivity index (χ3n) is 5.65. The van der Waals surface area contributed by atoms with Gasteiger partial charge in [-0.05, 0) is 25.5 Å². The number of nitrogens with one attached hydrogen (secondary N) is 3. The number of fused-ring (bicyclic) bond motifs is 1. The summed E-state index contributed by atoms with van der Waals surface area (Å²) >= 11 is 7.91. The molecule has 1 aromatic carbocycles. The summed E-state index contributed by atoms with van der Waals surface area (Å²) < 4.78 is 5.38. The number of ether oxygens (including phenoxy) is 1. The molecule has 0 bridgehead atoms. The first-order valence-corrected chi connectivity index (χ1v) is 11.5. The molecule has 0 radical (unpaired) electrons. The van der Waals surface area contributed by atoms with Crippen molar-refractivity contribution in [1.82, 2.24) is 15.8 Å². The number of carbonyl (C=O) groups excluding carboxylic acids is 1. The molecule has 4 unspecified atom stereocenters. The van der Waals surface area contributed by atoms with E-state index in [1.807, 2.05) is 43.0 Å². The highest BCUT2D eigenvalue weighted by molar-refractivity contribution is 8.15. The lowest BCUT2D eigenvalue weighted by Gasteiger charge is -2.37. The molecule has 1 amide bonds. The van der Waals surface area contributed by atoms with Crippen LogP contribution in [0, 0.1) is 11.3 Å². The van der Waals surface area contributed by atoms with Gasteiger partial charge in [-0.1, -0.05) is 42.4 Å². The molecule has 2 saturated heterocycles. The molecule has 2 fully saturated rings. The fourth-order valence-electron chi connectivity index (χ4n) is 3.97. The number of nitrogens with zero attached hydrogens (tertiary/aromatic N) is 3. The number of hydrogen-bond donors (Lipinski definition) is 3. The van der Waals surface area contributed by atoms with Crippen LogP contribution in [0.4, 0.5) is 5.69 Å². The van der Waals surface area contributed by atoms with E-state index in [-0.39, 0.29) is 29.3 Å². The average molecular weight is 451 g/mol. The lowest BCUT2D eigenvalue weighted by atomic mass is 9.97. The average Bonchev–Trinajstić information content (AvgIpc) is 3.14. The minimum absolute atomic E-state index is 0.0553. The second kappa shape index (κ2) is 9.23. The number of hydrazine groups is 1. The lowest BCUT2D eigenvalue weighted by Crippen LogP contribution is -2.51. The molecule has 4 atom stereocenters. The van der Waals surface area contributed by atoms with Crippen molar-refractivity contribution in [2.45, 2.75) is 37.7 Å². The Morgan fingerprint density at radius 1 is 1.37 bits per heavy atom. The van der Waals surface area contributed by atoms with Gasteiger partial charge in [0.05, 0.1) is 35.1 Å². The molecule has 3 N–H and O–H groups in total. The van der Waals surface area contributed by atoms with E-state index in [1.54, 1.807) is 4.90 Å². The number of carbonyl (C=O) groups is 1. The standard InChI is InChI=1S/C20H27ClN6O2S/c1-3-15(19(28)26-8-10-29-11-9-26)30-20-23-18-16(12(2)24-25-18)17(22)27(20)14-7-5-4-6-13(14)21/h4-7,12,15-16,18,22,24-25H,3,8-11H2,1-2H3. The van der Waals surface area contributed by atoms with Crippen molar-refractivity contribution in [3.8, 4) is 0 Å². The zero-order valence-electron chi connectivity index (χ0n) is 17.1. The van der Waals surface area contributed by atoms with Crippen molar-refractivity contribution in [1.29, 1.82) is 5.41 Å². The van der Waals surface area contributed by atoms with Crippen LogP contribution in [0.2, 0.25) is 5.02 Å². The van der Waals surface area contributed by atoms with E-state index in [1.165, 1.54) is 11.8 Å². The number of amides is 1. The maximum absolute atomic E-state index is 13.1. The smallest absolute Gasteiger partial charge is 0.236 e. The Morgan fingerprint density at radius 3 is 2.80 bits per heavy atom. The molecule has 0 saturated carbocycles.